The van der Waals surface area contributed by atoms with Crippen LogP contribution >= 0.6 is 0 Å². The van der Waals surface area contributed by atoms with Gasteiger partial charge < -0.3 is 15.7 Å². The molecule has 1 aromatic heterocycles. The number of nitrogens with two attached hydrogens (primary N) is 1. The molecule has 0 bridgehead atoms. The van der Waals surface area contributed by atoms with Gasteiger partial charge in [-0.3, -0.25) is 9.89 Å². The Bertz CT molecular complexity index is 565. The number of nitrogen functional groups attached to an aromatic ring is 1. The van der Waals surface area contributed by atoms with Crippen LogP contribution in [0.3, 0.4) is 0 Å². The van der Waals surface area contributed by atoms with Crippen molar-refractivity contribution in [1.82, 2.24) is 10.2 Å². The fraction of sp³-hybridized carbons (Fsp3) is 0.167. The summed E-state index contributed by atoms with van der Waals surface area (Å²) in [4.78, 5) is 13.7. The number of anilines is 2. The average molecular weight is 246 g/mol. The monoisotopic (exact) mass is 246 g/mol. The molecule has 0 saturated heterocycles. The molecule has 0 atom stereocenters. The number of hydrogen-bond acceptors (Lipinski definition) is 4. The Balaban J connectivity index is 2.31. The Kier molecular flexibility index (Phi) is 3.18. The van der Waals surface area contributed by atoms with Gasteiger partial charge in [-0.1, -0.05) is 6.07 Å². The average Bonchev–Trinajstić information content (AvgIpc) is 2.77. The highest BCUT2D eigenvalue weighted by atomic mass is 16.3. The third-order valence-electron chi connectivity index (χ3n) is 2.53. The van der Waals surface area contributed by atoms with Crippen molar-refractivity contribution < 1.29 is 9.90 Å². The van der Waals surface area contributed by atoms with Gasteiger partial charge in [0.25, 0.3) is 5.91 Å². The molecule has 0 fully saturated rings. The summed E-state index contributed by atoms with van der Waals surface area (Å²) in [7, 11) is 0. The van der Waals surface area contributed by atoms with E-state index in [-0.39, 0.29) is 17.5 Å². The van der Waals surface area contributed by atoms with Gasteiger partial charge in [0, 0.05) is 24.4 Å². The van der Waals surface area contributed by atoms with Gasteiger partial charge in [0.05, 0.1) is 0 Å². The SMILES string of the molecule is CCN(C(=O)c1cc(N)n[nH]1)c1cccc(O)c1. The molecule has 2 rings (SSSR count). The number of aromatic amines is 1. The molecule has 0 aliphatic rings. The van der Waals surface area contributed by atoms with Crippen LogP contribution in [0.5, 0.6) is 5.75 Å². The zero-order chi connectivity index (χ0) is 13.1. The van der Waals surface area contributed by atoms with Crippen LogP contribution in [0.1, 0.15) is 17.4 Å². The van der Waals surface area contributed by atoms with E-state index in [0.717, 1.165) is 0 Å². The van der Waals surface area contributed by atoms with E-state index in [0.29, 0.717) is 17.9 Å². The van der Waals surface area contributed by atoms with Gasteiger partial charge in [0.15, 0.2) is 0 Å². The van der Waals surface area contributed by atoms with E-state index in [1.165, 1.54) is 17.0 Å². The number of hydrogen-bond donors (Lipinski definition) is 3. The number of nitrogens with zero attached hydrogens (tertiary/aromatic N) is 2. The number of nitrogens with one attached hydrogen (secondary N) is 1. The number of amides is 1. The van der Waals surface area contributed by atoms with Crippen LogP contribution in [0, 0.1) is 0 Å². The lowest BCUT2D eigenvalue weighted by Gasteiger charge is -2.20. The molecule has 6 heteroatoms. The van der Waals surface area contributed by atoms with E-state index in [1.54, 1.807) is 18.2 Å². The number of H-pyrrole nitrogens is 1. The molecule has 4 N–H and O–H groups in total. The van der Waals surface area contributed by atoms with Crippen LogP contribution in [-0.4, -0.2) is 27.8 Å². The van der Waals surface area contributed by atoms with Gasteiger partial charge >= 0.3 is 0 Å². The standard InChI is InChI=1S/C12H14N4O2/c1-2-16(8-4-3-5-9(17)6-8)12(18)10-7-11(13)15-14-10/h3-7,17H,2H2,1H3,(H3,13,14,15). The van der Waals surface area contributed by atoms with Crippen molar-refractivity contribution in [2.75, 3.05) is 17.2 Å². The van der Waals surface area contributed by atoms with E-state index >= 15 is 0 Å². The van der Waals surface area contributed by atoms with Crippen LogP contribution in [0.15, 0.2) is 30.3 Å². The molecule has 2 aromatic rings. The predicted octanol–water partition coefficient (Wildman–Crippen LogP) is 1.36. The second-order valence-electron chi connectivity index (χ2n) is 3.78. The number of aromatic hydroxyl groups is 1. The number of phenolic OH excluding ortho intramolecular Hbond substituents is 1. The summed E-state index contributed by atoms with van der Waals surface area (Å²) in [5.74, 6) is 0.139. The third kappa shape index (κ3) is 2.27. The summed E-state index contributed by atoms with van der Waals surface area (Å²) in [5, 5.41) is 15.7. The minimum absolute atomic E-state index is 0.114. The molecule has 0 saturated carbocycles. The van der Waals surface area contributed by atoms with Gasteiger partial charge in [-0.2, -0.15) is 5.10 Å². The van der Waals surface area contributed by atoms with Crippen molar-refractivity contribution in [3.8, 4) is 5.75 Å². The predicted molar refractivity (Wildman–Crippen MR) is 68.5 cm³/mol. The topological polar surface area (TPSA) is 95.2 Å². The van der Waals surface area contributed by atoms with Crippen LogP contribution in [0.25, 0.3) is 0 Å². The highest BCUT2D eigenvalue weighted by molar-refractivity contribution is 6.05. The number of aromatic nitrogens is 2. The Morgan fingerprint density at radius 3 is 2.83 bits per heavy atom. The van der Waals surface area contributed by atoms with E-state index in [2.05, 4.69) is 10.2 Å². The first kappa shape index (κ1) is 12.0. The molecule has 6 nitrogen and oxygen atoms in total. The maximum absolute atomic E-state index is 12.2. The lowest BCUT2D eigenvalue weighted by Crippen LogP contribution is -2.30. The van der Waals surface area contributed by atoms with Gasteiger partial charge in [0.1, 0.15) is 17.3 Å². The molecule has 18 heavy (non-hydrogen) atoms. The molecule has 1 aromatic carbocycles. The maximum Gasteiger partial charge on any atom is 0.276 e. The number of carbonyl (C=O) groups is 1. The molecule has 0 radical (unpaired) electrons. The second kappa shape index (κ2) is 4.79. The largest absolute Gasteiger partial charge is 0.508 e. The lowest BCUT2D eigenvalue weighted by atomic mass is 10.2. The van der Waals surface area contributed by atoms with Gasteiger partial charge in [0.2, 0.25) is 0 Å². The molecule has 1 amide bonds. The summed E-state index contributed by atoms with van der Waals surface area (Å²) in [6.07, 6.45) is 0. The molecular weight excluding hydrogens is 232 g/mol. The minimum atomic E-state index is -0.243. The first-order valence-corrected chi connectivity index (χ1v) is 5.53. The Hall–Kier alpha value is -2.50. The minimum Gasteiger partial charge on any atom is -0.508 e. The van der Waals surface area contributed by atoms with Gasteiger partial charge in [-0.15, -0.1) is 0 Å². The van der Waals surface area contributed by atoms with Gasteiger partial charge in [-0.25, -0.2) is 0 Å². The maximum atomic E-state index is 12.2. The van der Waals surface area contributed by atoms with Crippen molar-refractivity contribution in [3.05, 3.63) is 36.0 Å². The summed E-state index contributed by atoms with van der Waals surface area (Å²) in [5.41, 5.74) is 6.41. The molecule has 1 heterocycles. The van der Waals surface area contributed by atoms with Crippen molar-refractivity contribution in [3.63, 3.8) is 0 Å². The van der Waals surface area contributed by atoms with Crippen LogP contribution < -0.4 is 10.6 Å². The quantitative estimate of drug-likeness (QED) is 0.762. The summed E-state index contributed by atoms with van der Waals surface area (Å²) in [6.45, 7) is 2.32. The van der Waals surface area contributed by atoms with Crippen LogP contribution in [-0.2, 0) is 0 Å². The Morgan fingerprint density at radius 1 is 1.50 bits per heavy atom. The lowest BCUT2D eigenvalue weighted by molar-refractivity contribution is 0.0983. The van der Waals surface area contributed by atoms with E-state index in [1.807, 2.05) is 6.92 Å². The second-order valence-corrected chi connectivity index (χ2v) is 3.78. The van der Waals surface area contributed by atoms with Crippen molar-refractivity contribution >= 4 is 17.4 Å². The van der Waals surface area contributed by atoms with Crippen molar-refractivity contribution in [2.45, 2.75) is 6.92 Å². The Morgan fingerprint density at radius 2 is 2.28 bits per heavy atom. The fourth-order valence-corrected chi connectivity index (χ4v) is 1.70. The summed E-state index contributed by atoms with van der Waals surface area (Å²) >= 11 is 0. The molecular formula is C12H14N4O2. The zero-order valence-corrected chi connectivity index (χ0v) is 9.92. The van der Waals surface area contributed by atoms with Crippen molar-refractivity contribution in [1.29, 1.82) is 0 Å². The van der Waals surface area contributed by atoms with Gasteiger partial charge in [-0.05, 0) is 19.1 Å². The molecule has 0 unspecified atom stereocenters. The third-order valence-corrected chi connectivity index (χ3v) is 2.53. The zero-order valence-electron chi connectivity index (χ0n) is 9.92. The molecule has 0 aliphatic carbocycles. The normalized spacial score (nSPS) is 10.3. The first-order valence-electron chi connectivity index (χ1n) is 5.53. The van der Waals surface area contributed by atoms with Crippen LogP contribution in [0.2, 0.25) is 0 Å². The highest BCUT2D eigenvalue weighted by Gasteiger charge is 2.18. The van der Waals surface area contributed by atoms with E-state index < -0.39 is 0 Å². The summed E-state index contributed by atoms with van der Waals surface area (Å²) in [6, 6.07) is 7.99. The molecule has 0 aliphatic heterocycles. The smallest absolute Gasteiger partial charge is 0.276 e. The Labute approximate surface area is 104 Å². The van der Waals surface area contributed by atoms with Crippen LogP contribution in [0.4, 0.5) is 11.5 Å². The summed E-state index contributed by atoms with van der Waals surface area (Å²) < 4.78 is 0. The van der Waals surface area contributed by atoms with Crippen molar-refractivity contribution in [2.24, 2.45) is 0 Å². The molecule has 94 valence electrons. The molecule has 0 spiro atoms. The highest BCUT2D eigenvalue weighted by Crippen LogP contribution is 2.21. The number of phenols is 1. The number of carbonyl (C=O) groups excluding carboxylic acids is 1. The van der Waals surface area contributed by atoms with E-state index in [9.17, 15) is 9.90 Å². The number of rotatable bonds is 3. The fourth-order valence-electron chi connectivity index (χ4n) is 1.70. The first-order chi connectivity index (χ1) is 8.61. The number of benzene rings is 1. The van der Waals surface area contributed by atoms with E-state index in [4.69, 9.17) is 5.73 Å².